The van der Waals surface area contributed by atoms with Gasteiger partial charge < -0.3 is 15.2 Å². The number of aromatic nitrogens is 2. The molecule has 5 nitrogen and oxygen atoms in total. The monoisotopic (exact) mass is 314 g/mol. The molecule has 1 atom stereocenters. The maximum absolute atomic E-state index is 12.9. The van der Waals surface area contributed by atoms with Crippen LogP contribution >= 0.6 is 0 Å². The number of aromatic amines is 1. The molecule has 5 rings (SSSR count). The maximum Gasteiger partial charge on any atom is 0.267 e. The predicted octanol–water partition coefficient (Wildman–Crippen LogP) is 2.04. The van der Waals surface area contributed by atoms with Crippen molar-refractivity contribution in [2.45, 2.75) is 18.9 Å². The van der Waals surface area contributed by atoms with Gasteiger partial charge in [-0.15, -0.1) is 0 Å². The Morgan fingerprint density at radius 2 is 2.09 bits per heavy atom. The van der Waals surface area contributed by atoms with E-state index in [0.29, 0.717) is 11.6 Å². The standard InChI is InChI=1S/C17H19FN4O/c18-16-4-1-12(9-19-16)13-2-3-14(20-13)17(23)21-15-10-22-7-5-11(15)6-8-22/h1-4,9,11,15,20H,5-8,10H2,(H,21,23)/t15-/m0/s1. The Hall–Kier alpha value is -2.21. The van der Waals surface area contributed by atoms with Crippen LogP contribution in [0.5, 0.6) is 0 Å². The number of pyridine rings is 1. The minimum atomic E-state index is -0.513. The molecule has 3 saturated heterocycles. The third-order valence-electron chi connectivity index (χ3n) is 4.94. The Bertz CT molecular complexity index is 704. The van der Waals surface area contributed by atoms with Crippen molar-refractivity contribution in [2.24, 2.45) is 5.92 Å². The Balaban J connectivity index is 1.46. The van der Waals surface area contributed by atoms with E-state index < -0.39 is 5.95 Å². The molecule has 2 N–H and O–H groups in total. The molecule has 2 bridgehead atoms. The van der Waals surface area contributed by atoms with Crippen LogP contribution in [0, 0.1) is 11.9 Å². The molecule has 1 amide bonds. The Morgan fingerprint density at radius 3 is 2.74 bits per heavy atom. The van der Waals surface area contributed by atoms with Crippen molar-refractivity contribution >= 4 is 5.91 Å². The fourth-order valence-electron chi connectivity index (χ4n) is 3.61. The number of fused-ring (bicyclic) bond motifs is 3. The SMILES string of the molecule is O=C(N[C@H]1CN2CCC1CC2)c1ccc(-c2ccc(F)nc2)[nH]1. The van der Waals surface area contributed by atoms with Gasteiger partial charge in [-0.25, -0.2) is 4.98 Å². The van der Waals surface area contributed by atoms with Crippen molar-refractivity contribution in [2.75, 3.05) is 19.6 Å². The Labute approximate surface area is 133 Å². The van der Waals surface area contributed by atoms with Crippen LogP contribution in [-0.4, -0.2) is 46.5 Å². The van der Waals surface area contributed by atoms with E-state index >= 15 is 0 Å². The fraction of sp³-hybridized carbons (Fsp3) is 0.412. The molecule has 6 heteroatoms. The highest BCUT2D eigenvalue weighted by molar-refractivity contribution is 5.93. The van der Waals surface area contributed by atoms with E-state index in [4.69, 9.17) is 0 Å². The fourth-order valence-corrected chi connectivity index (χ4v) is 3.61. The molecule has 3 fully saturated rings. The van der Waals surface area contributed by atoms with Crippen molar-refractivity contribution in [3.8, 4) is 11.3 Å². The summed E-state index contributed by atoms with van der Waals surface area (Å²) >= 11 is 0. The molecule has 0 aliphatic carbocycles. The molecule has 120 valence electrons. The highest BCUT2D eigenvalue weighted by Crippen LogP contribution is 2.27. The minimum Gasteiger partial charge on any atom is -0.351 e. The van der Waals surface area contributed by atoms with Crippen LogP contribution in [0.3, 0.4) is 0 Å². The van der Waals surface area contributed by atoms with Crippen LogP contribution < -0.4 is 5.32 Å². The molecular weight excluding hydrogens is 295 g/mol. The first-order valence-electron chi connectivity index (χ1n) is 8.03. The number of piperidine rings is 3. The van der Waals surface area contributed by atoms with Gasteiger partial charge in [0.2, 0.25) is 5.95 Å². The van der Waals surface area contributed by atoms with Gasteiger partial charge in [0.05, 0.1) is 0 Å². The first kappa shape index (κ1) is 14.4. The average Bonchev–Trinajstić information content (AvgIpc) is 3.07. The number of H-pyrrole nitrogens is 1. The molecule has 3 aliphatic heterocycles. The topological polar surface area (TPSA) is 61.0 Å². The number of halogens is 1. The molecule has 0 unspecified atom stereocenters. The second-order valence-corrected chi connectivity index (χ2v) is 6.37. The van der Waals surface area contributed by atoms with Gasteiger partial charge in [0.15, 0.2) is 0 Å². The third-order valence-corrected chi connectivity index (χ3v) is 4.94. The van der Waals surface area contributed by atoms with E-state index in [9.17, 15) is 9.18 Å². The van der Waals surface area contributed by atoms with E-state index in [1.807, 2.05) is 6.07 Å². The van der Waals surface area contributed by atoms with Crippen LogP contribution in [0.2, 0.25) is 0 Å². The van der Waals surface area contributed by atoms with Gasteiger partial charge in [0, 0.05) is 30.0 Å². The van der Waals surface area contributed by atoms with E-state index in [-0.39, 0.29) is 11.9 Å². The van der Waals surface area contributed by atoms with Crippen molar-refractivity contribution < 1.29 is 9.18 Å². The summed E-state index contributed by atoms with van der Waals surface area (Å²) in [6, 6.07) is 6.77. The minimum absolute atomic E-state index is 0.0786. The highest BCUT2D eigenvalue weighted by atomic mass is 19.1. The van der Waals surface area contributed by atoms with Gasteiger partial charge in [-0.1, -0.05) is 0 Å². The summed E-state index contributed by atoms with van der Waals surface area (Å²) < 4.78 is 12.9. The lowest BCUT2D eigenvalue weighted by Gasteiger charge is -2.44. The van der Waals surface area contributed by atoms with Gasteiger partial charge >= 0.3 is 0 Å². The Morgan fingerprint density at radius 1 is 1.26 bits per heavy atom. The summed E-state index contributed by atoms with van der Waals surface area (Å²) in [5, 5.41) is 3.15. The number of amides is 1. The van der Waals surface area contributed by atoms with E-state index in [1.54, 1.807) is 12.1 Å². The van der Waals surface area contributed by atoms with Crippen LogP contribution in [0.4, 0.5) is 4.39 Å². The van der Waals surface area contributed by atoms with Crippen LogP contribution in [0.15, 0.2) is 30.5 Å². The summed E-state index contributed by atoms with van der Waals surface area (Å²) in [7, 11) is 0. The lowest BCUT2D eigenvalue weighted by atomic mass is 9.84. The predicted molar refractivity (Wildman–Crippen MR) is 84.4 cm³/mol. The molecule has 0 radical (unpaired) electrons. The summed E-state index contributed by atoms with van der Waals surface area (Å²) in [5.41, 5.74) is 2.05. The molecule has 3 aliphatic rings. The number of nitrogens with one attached hydrogen (secondary N) is 2. The number of hydrogen-bond acceptors (Lipinski definition) is 3. The number of hydrogen-bond donors (Lipinski definition) is 2. The number of nitrogens with zero attached hydrogens (tertiary/aromatic N) is 2. The molecule has 23 heavy (non-hydrogen) atoms. The molecule has 0 aromatic carbocycles. The normalized spacial score (nSPS) is 26.2. The van der Waals surface area contributed by atoms with Gasteiger partial charge in [-0.2, -0.15) is 4.39 Å². The number of carbonyl (C=O) groups excluding carboxylic acids is 1. The average molecular weight is 314 g/mol. The number of rotatable bonds is 3. The second kappa shape index (κ2) is 5.77. The first-order chi connectivity index (χ1) is 11.2. The first-order valence-corrected chi connectivity index (χ1v) is 8.03. The molecular formula is C17H19FN4O. The molecule has 0 spiro atoms. The smallest absolute Gasteiger partial charge is 0.267 e. The molecule has 0 saturated carbocycles. The van der Waals surface area contributed by atoms with Crippen LogP contribution in [0.25, 0.3) is 11.3 Å². The quantitative estimate of drug-likeness (QED) is 0.852. The van der Waals surface area contributed by atoms with Crippen molar-refractivity contribution in [1.82, 2.24) is 20.2 Å². The lowest BCUT2D eigenvalue weighted by molar-refractivity contribution is 0.0618. The van der Waals surface area contributed by atoms with E-state index in [0.717, 1.165) is 30.9 Å². The summed E-state index contributed by atoms with van der Waals surface area (Å²) in [6.45, 7) is 3.26. The second-order valence-electron chi connectivity index (χ2n) is 6.37. The van der Waals surface area contributed by atoms with Crippen LogP contribution in [0.1, 0.15) is 23.3 Å². The van der Waals surface area contributed by atoms with E-state index in [2.05, 4.69) is 20.2 Å². The van der Waals surface area contributed by atoms with Crippen molar-refractivity contribution in [3.63, 3.8) is 0 Å². The Kier molecular flexibility index (Phi) is 3.61. The van der Waals surface area contributed by atoms with Gasteiger partial charge in [0.25, 0.3) is 5.91 Å². The maximum atomic E-state index is 12.9. The molecule has 5 heterocycles. The zero-order valence-corrected chi connectivity index (χ0v) is 12.8. The van der Waals surface area contributed by atoms with Gasteiger partial charge in [0.1, 0.15) is 5.69 Å². The lowest BCUT2D eigenvalue weighted by Crippen LogP contribution is -2.57. The van der Waals surface area contributed by atoms with E-state index in [1.165, 1.54) is 25.1 Å². The highest BCUT2D eigenvalue weighted by Gasteiger charge is 2.35. The molecule has 2 aromatic heterocycles. The summed E-state index contributed by atoms with van der Waals surface area (Å²) in [6.07, 6.45) is 3.79. The van der Waals surface area contributed by atoms with Gasteiger partial charge in [-0.3, -0.25) is 4.79 Å². The zero-order valence-electron chi connectivity index (χ0n) is 12.8. The van der Waals surface area contributed by atoms with Crippen molar-refractivity contribution in [3.05, 3.63) is 42.1 Å². The van der Waals surface area contributed by atoms with Gasteiger partial charge in [-0.05, 0) is 56.1 Å². The molecule has 2 aromatic rings. The largest absolute Gasteiger partial charge is 0.351 e. The summed E-state index contributed by atoms with van der Waals surface area (Å²) in [4.78, 5) is 21.6. The zero-order chi connectivity index (χ0) is 15.8. The summed E-state index contributed by atoms with van der Waals surface area (Å²) in [5.74, 6) is 0.00498. The number of carbonyl (C=O) groups is 1. The third kappa shape index (κ3) is 2.86. The van der Waals surface area contributed by atoms with Crippen molar-refractivity contribution in [1.29, 1.82) is 0 Å². The van der Waals surface area contributed by atoms with Crippen LogP contribution in [-0.2, 0) is 0 Å².